The van der Waals surface area contributed by atoms with Gasteiger partial charge in [0.25, 0.3) is 0 Å². The van der Waals surface area contributed by atoms with Gasteiger partial charge in [0, 0.05) is 16.8 Å². The minimum atomic E-state index is -0.438. The summed E-state index contributed by atoms with van der Waals surface area (Å²) in [6.45, 7) is 4.29. The topological polar surface area (TPSA) is 71.2 Å². The molecule has 1 aromatic carbocycles. The second-order valence-electron chi connectivity index (χ2n) is 7.49. The minimum Gasteiger partial charge on any atom is -0.461 e. The average Bonchev–Trinajstić information content (AvgIpc) is 3.05. The normalized spacial score (nSPS) is 19.8. The number of rotatable bonds is 7. The Bertz CT molecular complexity index is 788. The first-order valence-corrected chi connectivity index (χ1v) is 10.2. The maximum atomic E-state index is 12.9. The predicted molar refractivity (Wildman–Crippen MR) is 108 cm³/mol. The van der Waals surface area contributed by atoms with E-state index in [1.54, 1.807) is 6.92 Å². The number of ether oxygens (including phenoxy) is 1. The molecule has 0 bridgehead atoms. The van der Waals surface area contributed by atoms with Crippen molar-refractivity contribution in [3.05, 3.63) is 30.0 Å². The molecule has 1 saturated carbocycles. The van der Waals surface area contributed by atoms with Crippen molar-refractivity contribution in [2.45, 2.75) is 58.8 Å². The van der Waals surface area contributed by atoms with Crippen LogP contribution in [0.25, 0.3) is 10.9 Å². The van der Waals surface area contributed by atoms with Crippen LogP contribution in [0.15, 0.2) is 24.3 Å². The lowest BCUT2D eigenvalue weighted by atomic mass is 9.79. The Balaban J connectivity index is 1.73. The third-order valence-electron chi connectivity index (χ3n) is 5.62. The molecule has 0 spiro atoms. The number of amides is 1. The number of hydrogen-bond donors (Lipinski definition) is 2. The molecule has 2 N–H and O–H groups in total. The van der Waals surface area contributed by atoms with Crippen LogP contribution in [0.5, 0.6) is 0 Å². The largest absolute Gasteiger partial charge is 0.461 e. The van der Waals surface area contributed by atoms with E-state index >= 15 is 0 Å². The molecule has 27 heavy (non-hydrogen) atoms. The summed E-state index contributed by atoms with van der Waals surface area (Å²) < 4.78 is 5.16. The highest BCUT2D eigenvalue weighted by Crippen LogP contribution is 2.34. The van der Waals surface area contributed by atoms with Gasteiger partial charge in [0.2, 0.25) is 5.91 Å². The fourth-order valence-electron chi connectivity index (χ4n) is 4.06. The van der Waals surface area contributed by atoms with E-state index in [0.29, 0.717) is 18.0 Å². The first kappa shape index (κ1) is 19.5. The summed E-state index contributed by atoms with van der Waals surface area (Å²) in [6, 6.07) is 7.61. The van der Waals surface area contributed by atoms with E-state index in [2.05, 4.69) is 17.2 Å². The molecule has 146 valence electrons. The number of hydrogen-bond acceptors (Lipinski definition) is 3. The first-order chi connectivity index (χ1) is 13.1. The van der Waals surface area contributed by atoms with Crippen molar-refractivity contribution in [1.29, 1.82) is 0 Å². The second kappa shape index (κ2) is 9.07. The van der Waals surface area contributed by atoms with E-state index in [-0.39, 0.29) is 11.8 Å². The van der Waals surface area contributed by atoms with Crippen LogP contribution in [0.3, 0.4) is 0 Å². The van der Waals surface area contributed by atoms with Crippen molar-refractivity contribution in [2.75, 3.05) is 11.9 Å². The van der Waals surface area contributed by atoms with Crippen molar-refractivity contribution in [3.8, 4) is 0 Å². The number of unbranched alkanes of at least 4 members (excludes halogenated alkanes) is 1. The SMILES string of the molecule is CCCCC1CCC(C(=O)Nc2c(C(=O)OCC)[nH]c3ccccc23)CC1. The zero-order chi connectivity index (χ0) is 19.2. The van der Waals surface area contributed by atoms with E-state index in [1.807, 2.05) is 24.3 Å². The predicted octanol–water partition coefficient (Wildman–Crippen LogP) is 5.28. The average molecular weight is 370 g/mol. The number of esters is 1. The summed E-state index contributed by atoms with van der Waals surface area (Å²) in [5.74, 6) is 0.357. The first-order valence-electron chi connectivity index (χ1n) is 10.2. The third-order valence-corrected chi connectivity index (χ3v) is 5.62. The van der Waals surface area contributed by atoms with Gasteiger partial charge in [-0.2, -0.15) is 0 Å². The summed E-state index contributed by atoms with van der Waals surface area (Å²) in [6.07, 6.45) is 7.89. The minimum absolute atomic E-state index is 0.0132. The van der Waals surface area contributed by atoms with E-state index in [4.69, 9.17) is 4.74 Å². The molecule has 1 aliphatic rings. The van der Waals surface area contributed by atoms with E-state index in [1.165, 1.54) is 19.3 Å². The fourth-order valence-corrected chi connectivity index (χ4v) is 4.06. The number of benzene rings is 1. The molecular formula is C22H30N2O3. The van der Waals surface area contributed by atoms with E-state index in [0.717, 1.165) is 42.5 Å². The molecule has 1 aromatic heterocycles. The van der Waals surface area contributed by atoms with Gasteiger partial charge < -0.3 is 15.0 Å². The molecule has 5 heteroatoms. The Kier molecular flexibility index (Phi) is 6.54. The van der Waals surface area contributed by atoms with Gasteiger partial charge in [-0.15, -0.1) is 0 Å². The smallest absolute Gasteiger partial charge is 0.356 e. The van der Waals surface area contributed by atoms with Gasteiger partial charge in [0.1, 0.15) is 5.69 Å². The number of anilines is 1. The summed E-state index contributed by atoms with van der Waals surface area (Å²) in [5.41, 5.74) is 1.68. The van der Waals surface area contributed by atoms with Gasteiger partial charge >= 0.3 is 5.97 Å². The van der Waals surface area contributed by atoms with Gasteiger partial charge in [0.05, 0.1) is 12.3 Å². The lowest BCUT2D eigenvalue weighted by molar-refractivity contribution is -0.121. The molecule has 1 fully saturated rings. The summed E-state index contributed by atoms with van der Waals surface area (Å²) >= 11 is 0. The van der Waals surface area contributed by atoms with Crippen LogP contribution in [0, 0.1) is 11.8 Å². The molecule has 1 heterocycles. The monoisotopic (exact) mass is 370 g/mol. The van der Waals surface area contributed by atoms with Crippen molar-refractivity contribution in [3.63, 3.8) is 0 Å². The standard InChI is InChI=1S/C22H30N2O3/c1-3-5-8-15-11-13-16(14-12-15)21(25)24-19-17-9-6-7-10-18(17)23-20(19)22(26)27-4-2/h6-7,9-10,15-16,23H,3-5,8,11-14H2,1-2H3,(H,24,25). The Morgan fingerprint density at radius 3 is 2.59 bits per heavy atom. The number of nitrogens with one attached hydrogen (secondary N) is 2. The van der Waals surface area contributed by atoms with Crippen molar-refractivity contribution >= 4 is 28.5 Å². The van der Waals surface area contributed by atoms with Crippen LogP contribution in [0.4, 0.5) is 5.69 Å². The van der Waals surface area contributed by atoms with Crippen LogP contribution < -0.4 is 5.32 Å². The molecule has 0 aliphatic heterocycles. The van der Waals surface area contributed by atoms with Crippen molar-refractivity contribution in [2.24, 2.45) is 11.8 Å². The van der Waals surface area contributed by atoms with Gasteiger partial charge in [-0.25, -0.2) is 4.79 Å². The van der Waals surface area contributed by atoms with Crippen molar-refractivity contribution in [1.82, 2.24) is 4.98 Å². The van der Waals surface area contributed by atoms with Crippen LogP contribution in [0.1, 0.15) is 69.3 Å². The lowest BCUT2D eigenvalue weighted by Gasteiger charge is -2.27. The van der Waals surface area contributed by atoms with Gasteiger partial charge in [0.15, 0.2) is 0 Å². The molecular weight excluding hydrogens is 340 g/mol. The number of carbonyl (C=O) groups excluding carboxylic acids is 2. The van der Waals surface area contributed by atoms with Gasteiger partial charge in [-0.05, 0) is 44.6 Å². The highest BCUT2D eigenvalue weighted by Gasteiger charge is 2.28. The zero-order valence-corrected chi connectivity index (χ0v) is 16.3. The van der Waals surface area contributed by atoms with Crippen LogP contribution >= 0.6 is 0 Å². The number of fused-ring (bicyclic) bond motifs is 1. The molecule has 0 saturated heterocycles. The molecule has 1 aliphatic carbocycles. The van der Waals surface area contributed by atoms with E-state index in [9.17, 15) is 9.59 Å². The molecule has 0 unspecified atom stereocenters. The number of carbonyl (C=O) groups is 2. The summed E-state index contributed by atoms with van der Waals surface area (Å²) in [5, 5.41) is 3.87. The number of H-pyrrole nitrogens is 1. The molecule has 5 nitrogen and oxygen atoms in total. The maximum Gasteiger partial charge on any atom is 0.356 e. The Labute approximate surface area is 160 Å². The Morgan fingerprint density at radius 1 is 1.15 bits per heavy atom. The number of aromatic nitrogens is 1. The molecule has 3 rings (SSSR count). The van der Waals surface area contributed by atoms with E-state index < -0.39 is 5.97 Å². The number of para-hydroxylation sites is 1. The quantitative estimate of drug-likeness (QED) is 0.651. The fraction of sp³-hybridized carbons (Fsp3) is 0.545. The molecule has 0 atom stereocenters. The number of aromatic amines is 1. The molecule has 1 amide bonds. The summed E-state index contributed by atoms with van der Waals surface area (Å²) in [7, 11) is 0. The summed E-state index contributed by atoms with van der Waals surface area (Å²) in [4.78, 5) is 28.3. The molecule has 2 aromatic rings. The Hall–Kier alpha value is -2.30. The third kappa shape index (κ3) is 4.52. The van der Waals surface area contributed by atoms with Crippen LogP contribution in [0.2, 0.25) is 0 Å². The maximum absolute atomic E-state index is 12.9. The van der Waals surface area contributed by atoms with Crippen molar-refractivity contribution < 1.29 is 14.3 Å². The zero-order valence-electron chi connectivity index (χ0n) is 16.3. The molecule has 0 radical (unpaired) electrons. The Morgan fingerprint density at radius 2 is 1.89 bits per heavy atom. The van der Waals surface area contributed by atoms with Crippen LogP contribution in [-0.2, 0) is 9.53 Å². The highest BCUT2D eigenvalue weighted by atomic mass is 16.5. The second-order valence-corrected chi connectivity index (χ2v) is 7.49. The van der Waals surface area contributed by atoms with Gasteiger partial charge in [-0.3, -0.25) is 4.79 Å². The van der Waals surface area contributed by atoms with Crippen LogP contribution in [-0.4, -0.2) is 23.5 Å². The lowest BCUT2D eigenvalue weighted by Crippen LogP contribution is -2.27. The highest BCUT2D eigenvalue weighted by molar-refractivity contribution is 6.11. The van der Waals surface area contributed by atoms with Gasteiger partial charge in [-0.1, -0.05) is 44.4 Å².